The molecule has 1 aliphatic heterocycles. The number of aryl methyl sites for hydroxylation is 1. The zero-order chi connectivity index (χ0) is 27.1. The number of carboxylic acid groups (broad SMARTS) is 2. The van der Waals surface area contributed by atoms with E-state index in [1.807, 2.05) is 27.7 Å². The van der Waals surface area contributed by atoms with E-state index in [0.717, 1.165) is 10.4 Å². The molecule has 0 radical (unpaired) electrons. The zero-order valence-corrected chi connectivity index (χ0v) is 22.9. The van der Waals surface area contributed by atoms with Crippen LogP contribution in [0.2, 0.25) is 0 Å². The second-order valence-electron chi connectivity index (χ2n) is 10.2. The predicted molar refractivity (Wildman–Crippen MR) is 139 cm³/mol. The van der Waals surface area contributed by atoms with Crippen molar-refractivity contribution in [1.29, 1.82) is 0 Å². The maximum absolute atomic E-state index is 14.3. The first-order valence-electron chi connectivity index (χ1n) is 11.7. The average Bonchev–Trinajstić information content (AvgIpc) is 3.57. The van der Waals surface area contributed by atoms with Gasteiger partial charge in [-0.3, -0.25) is 9.59 Å². The van der Waals surface area contributed by atoms with Crippen LogP contribution in [0.15, 0.2) is 36.0 Å². The minimum absolute atomic E-state index is 0.117. The summed E-state index contributed by atoms with van der Waals surface area (Å²) in [6.07, 6.45) is 2.77. The van der Waals surface area contributed by atoms with Gasteiger partial charge in [0, 0.05) is 34.6 Å². The van der Waals surface area contributed by atoms with Gasteiger partial charge in [-0.25, -0.2) is 14.8 Å². The number of nitrogens with zero attached hydrogens (tertiary/aromatic N) is 3. The first-order valence-corrected chi connectivity index (χ1v) is 13.4. The van der Waals surface area contributed by atoms with Crippen LogP contribution in [0.1, 0.15) is 64.0 Å². The van der Waals surface area contributed by atoms with Crippen molar-refractivity contribution in [2.45, 2.75) is 57.5 Å². The maximum atomic E-state index is 14.3. The molecule has 3 heterocycles. The number of rotatable bonds is 7. The van der Waals surface area contributed by atoms with Gasteiger partial charge in [0.05, 0.1) is 24.1 Å². The Morgan fingerprint density at radius 1 is 1.22 bits per heavy atom. The largest absolute Gasteiger partial charge is 0.496 e. The lowest BCUT2D eigenvalue weighted by atomic mass is 9.85. The fraction of sp³-hybridized carbons (Fsp3) is 0.423. The molecule has 0 saturated carbocycles. The third-order valence-electron chi connectivity index (χ3n) is 6.69. The van der Waals surface area contributed by atoms with E-state index in [-0.39, 0.29) is 23.8 Å². The van der Waals surface area contributed by atoms with Gasteiger partial charge in [-0.2, -0.15) is 0 Å². The Morgan fingerprint density at radius 3 is 2.46 bits per heavy atom. The smallest absolute Gasteiger partial charge is 0.330 e. The van der Waals surface area contributed by atoms with Gasteiger partial charge in [0.25, 0.3) is 5.91 Å². The lowest BCUT2D eigenvalue weighted by Gasteiger charge is -2.37. The molecule has 0 bridgehead atoms. The number of carboxylic acids is 2. The Bertz CT molecular complexity index is 1330. The van der Waals surface area contributed by atoms with Crippen LogP contribution in [-0.2, 0) is 21.4 Å². The summed E-state index contributed by atoms with van der Waals surface area (Å²) in [6.45, 7) is 7.89. The topological polar surface area (TPSA) is 130 Å². The van der Waals surface area contributed by atoms with Crippen LogP contribution in [0.25, 0.3) is 0 Å². The standard InChI is InChI=1S/C26H29N3O6S2/c1-14-13-28-21(37-14)20-16(23(31)32)11-26(24(33)34,12-19-27-8-9-36-19)29(20)22(30)15-6-7-17(25(2,3)4)18(10-15)35-5/h6-10,13,16,20H,11-12H2,1-5H3,(H,31,32)(H,33,34)/t16-,20+,26+/m0/s1. The third kappa shape index (κ3) is 4.85. The molecular weight excluding hydrogens is 514 g/mol. The monoisotopic (exact) mass is 543 g/mol. The van der Waals surface area contributed by atoms with Crippen LogP contribution in [-0.4, -0.2) is 55.6 Å². The highest BCUT2D eigenvalue weighted by Gasteiger charge is 2.62. The minimum Gasteiger partial charge on any atom is -0.496 e. The highest BCUT2D eigenvalue weighted by Crippen LogP contribution is 2.50. The number of amides is 1. The van der Waals surface area contributed by atoms with Crippen molar-refractivity contribution in [3.63, 3.8) is 0 Å². The fourth-order valence-corrected chi connectivity index (χ4v) is 6.60. The SMILES string of the molecule is COc1cc(C(=O)N2[C@@H](c3ncc(C)s3)[C@@H](C(=O)O)C[C@@]2(Cc2nccs2)C(=O)O)ccc1C(C)(C)C. The summed E-state index contributed by atoms with van der Waals surface area (Å²) in [7, 11) is 1.51. The van der Waals surface area contributed by atoms with Crippen LogP contribution in [0.4, 0.5) is 0 Å². The number of benzene rings is 1. The molecule has 1 aliphatic rings. The lowest BCUT2D eigenvalue weighted by molar-refractivity contribution is -0.149. The minimum atomic E-state index is -1.84. The zero-order valence-electron chi connectivity index (χ0n) is 21.2. The quantitative estimate of drug-likeness (QED) is 0.443. The van der Waals surface area contributed by atoms with E-state index in [1.165, 1.54) is 34.7 Å². The molecule has 0 unspecified atom stereocenters. The molecule has 2 N–H and O–H groups in total. The second-order valence-corrected chi connectivity index (χ2v) is 12.4. The Labute approximate surface area is 222 Å². The first-order chi connectivity index (χ1) is 17.4. The molecule has 11 heteroatoms. The normalized spacial score (nSPS) is 21.7. The van der Waals surface area contributed by atoms with Gasteiger partial charge in [-0.15, -0.1) is 22.7 Å². The molecule has 37 heavy (non-hydrogen) atoms. The summed E-state index contributed by atoms with van der Waals surface area (Å²) in [5.74, 6) is -3.73. The van der Waals surface area contributed by atoms with Gasteiger partial charge in [-0.1, -0.05) is 26.8 Å². The van der Waals surface area contributed by atoms with Crippen LogP contribution in [0.5, 0.6) is 5.75 Å². The van der Waals surface area contributed by atoms with Crippen molar-refractivity contribution in [3.8, 4) is 5.75 Å². The van der Waals surface area contributed by atoms with Crippen molar-refractivity contribution in [1.82, 2.24) is 14.9 Å². The molecule has 2 aromatic heterocycles. The number of methoxy groups -OCH3 is 1. The third-order valence-corrected chi connectivity index (χ3v) is 8.45. The molecule has 0 aliphatic carbocycles. The number of hydrogen-bond acceptors (Lipinski definition) is 8. The molecule has 0 spiro atoms. The number of thiazole rings is 2. The summed E-state index contributed by atoms with van der Waals surface area (Å²) in [5, 5.41) is 23.4. The van der Waals surface area contributed by atoms with Gasteiger partial charge in [0.15, 0.2) is 0 Å². The molecule has 1 amide bonds. The Balaban J connectivity index is 1.92. The van der Waals surface area contributed by atoms with Crippen molar-refractivity contribution in [3.05, 3.63) is 62.0 Å². The lowest BCUT2D eigenvalue weighted by Crippen LogP contribution is -2.55. The molecule has 4 rings (SSSR count). The second kappa shape index (κ2) is 9.86. The number of aromatic nitrogens is 2. The van der Waals surface area contributed by atoms with Gasteiger partial charge >= 0.3 is 11.9 Å². The van der Waals surface area contributed by atoms with Crippen LogP contribution in [0, 0.1) is 12.8 Å². The number of likely N-dealkylation sites (tertiary alicyclic amines) is 1. The number of hydrogen-bond donors (Lipinski definition) is 2. The van der Waals surface area contributed by atoms with Crippen molar-refractivity contribution >= 4 is 40.5 Å². The van der Waals surface area contributed by atoms with E-state index in [4.69, 9.17) is 4.74 Å². The molecule has 3 aromatic rings. The number of aliphatic carboxylic acids is 2. The van der Waals surface area contributed by atoms with Gasteiger partial charge in [-0.05, 0) is 36.5 Å². The molecule has 1 aromatic carbocycles. The highest BCUT2D eigenvalue weighted by atomic mass is 32.1. The van der Waals surface area contributed by atoms with Crippen LogP contribution < -0.4 is 4.74 Å². The Kier molecular flexibility index (Phi) is 7.13. The van der Waals surface area contributed by atoms with Crippen molar-refractivity contribution < 1.29 is 29.3 Å². The Hall–Kier alpha value is -3.31. The van der Waals surface area contributed by atoms with Crippen LogP contribution in [0.3, 0.4) is 0 Å². The summed E-state index contributed by atoms with van der Waals surface area (Å²) in [5.41, 5.74) is -1.00. The maximum Gasteiger partial charge on any atom is 0.330 e. The highest BCUT2D eigenvalue weighted by molar-refractivity contribution is 7.11. The molecule has 1 saturated heterocycles. The van der Waals surface area contributed by atoms with E-state index in [2.05, 4.69) is 9.97 Å². The molecule has 196 valence electrons. The van der Waals surface area contributed by atoms with Gasteiger partial charge < -0.3 is 19.8 Å². The van der Waals surface area contributed by atoms with Crippen molar-refractivity contribution in [2.24, 2.45) is 5.92 Å². The molecule has 3 atom stereocenters. The summed E-state index contributed by atoms with van der Waals surface area (Å²) in [4.78, 5) is 50.4. The number of carbonyl (C=O) groups excluding carboxylic acids is 1. The van der Waals surface area contributed by atoms with E-state index in [9.17, 15) is 24.6 Å². The molecular formula is C26H29N3O6S2. The van der Waals surface area contributed by atoms with E-state index >= 15 is 0 Å². The van der Waals surface area contributed by atoms with E-state index < -0.39 is 35.3 Å². The average molecular weight is 544 g/mol. The molecule has 9 nitrogen and oxygen atoms in total. The van der Waals surface area contributed by atoms with Gasteiger partial charge in [0.2, 0.25) is 0 Å². The van der Waals surface area contributed by atoms with Gasteiger partial charge in [0.1, 0.15) is 16.3 Å². The fourth-order valence-electron chi connectivity index (χ4n) is 4.95. The van der Waals surface area contributed by atoms with Crippen molar-refractivity contribution in [2.75, 3.05) is 7.11 Å². The van der Waals surface area contributed by atoms with Crippen LogP contribution >= 0.6 is 22.7 Å². The van der Waals surface area contributed by atoms with E-state index in [1.54, 1.807) is 36.0 Å². The summed E-state index contributed by atoms with van der Waals surface area (Å²) in [6, 6.07) is 3.97. The first kappa shape index (κ1) is 26.7. The molecule has 1 fully saturated rings. The van der Waals surface area contributed by atoms with E-state index in [0.29, 0.717) is 15.8 Å². The number of carbonyl (C=O) groups is 3. The summed E-state index contributed by atoms with van der Waals surface area (Å²) < 4.78 is 5.58. The Morgan fingerprint density at radius 2 is 1.95 bits per heavy atom. The summed E-state index contributed by atoms with van der Waals surface area (Å²) >= 11 is 2.52. The number of ether oxygens (including phenoxy) is 1. The predicted octanol–water partition coefficient (Wildman–Crippen LogP) is 4.57.